The van der Waals surface area contributed by atoms with Gasteiger partial charge in [-0.3, -0.25) is 29.1 Å². The van der Waals surface area contributed by atoms with Crippen molar-refractivity contribution in [3.8, 4) is 39.5 Å². The third-order valence-electron chi connectivity index (χ3n) is 19.3. The maximum Gasteiger partial charge on any atom is 0.488 e. The number of hydrogen-bond acceptors (Lipinski definition) is 17. The number of aliphatic imine (C=N–C) groups is 3. The third-order valence-corrected chi connectivity index (χ3v) is 19.8. The van der Waals surface area contributed by atoms with Crippen LogP contribution in [0.15, 0.2) is 147 Å². The molecule has 3 amide bonds. The Hall–Kier alpha value is -8.75. The number of benzene rings is 6. The number of carbonyl (C=O) groups is 3. The van der Waals surface area contributed by atoms with E-state index in [0.29, 0.717) is 109 Å². The maximum atomic E-state index is 13.4. The van der Waals surface area contributed by atoms with Crippen molar-refractivity contribution in [2.45, 2.75) is 110 Å². The van der Waals surface area contributed by atoms with Crippen molar-refractivity contribution in [3.05, 3.63) is 165 Å². The first-order chi connectivity index (χ1) is 47.1. The van der Waals surface area contributed by atoms with Crippen LogP contribution in [0.1, 0.15) is 91.2 Å². The zero-order valence-electron chi connectivity index (χ0n) is 54.1. The summed E-state index contributed by atoms with van der Waals surface area (Å²) >= 11 is 3.47. The van der Waals surface area contributed by atoms with Crippen LogP contribution in [0.25, 0.3) is 22.3 Å². The second kappa shape index (κ2) is 26.3. The predicted molar refractivity (Wildman–Crippen MR) is 351 cm³/mol. The Morgan fingerprint density at radius 2 is 0.770 bits per heavy atom. The fraction of sp³-hybridized carbons (Fsp3) is 0.391. The van der Waals surface area contributed by atoms with Crippen molar-refractivity contribution in [2.75, 3.05) is 60.8 Å². The van der Waals surface area contributed by atoms with E-state index >= 15 is 0 Å². The van der Waals surface area contributed by atoms with E-state index in [1.165, 1.54) is 32.9 Å². The van der Waals surface area contributed by atoms with Gasteiger partial charge in [0, 0.05) is 81.4 Å². The molecule has 3 fully saturated rings. The van der Waals surface area contributed by atoms with E-state index in [1.54, 1.807) is 69.7 Å². The monoisotopic (exact) mass is 1460 g/mol. The molecule has 0 radical (unpaired) electrons. The molecule has 0 aliphatic carbocycles. The Morgan fingerprint density at radius 1 is 0.450 bits per heavy atom. The molecule has 15 rings (SSSR count). The number of alkyl halides is 9. The Labute approximate surface area is 576 Å². The largest absolute Gasteiger partial charge is 0.488 e. The molecular weight excluding hydrogens is 1390 g/mol. The van der Waals surface area contributed by atoms with Crippen LogP contribution in [0.4, 0.5) is 39.5 Å². The highest BCUT2D eigenvalue weighted by atomic mass is 79.9. The number of ether oxygens (including phenoxy) is 6. The lowest BCUT2D eigenvalue weighted by Gasteiger charge is -2.46. The lowest BCUT2D eigenvalue weighted by atomic mass is 9.74. The standard InChI is InChI=1S/2C23H22F3N3O3.C16H18BrN3O3.C7H6BF3O2/c2*1-29-19(30)22(28-20(29)27)12-21(8-3-9-31-13-21)32-18-7-6-15(11-17(18)22)14-4-2-5-16(10-14)23(24,25)26;1-20-13(21)16(19-14(20)18)8-15(5-2-6-22-9-15)23-12-4-3-10(17)7-11(12)16;9-7(10,11)5-2-1-3-6(4-5)8(12)13/h2*2,4-7,10-11H,3,8-9,12-13H2,1H3,(H2,27,28);3-4,7H,2,5-6,8-9H2,1H3,(H2,18,19);1-4,12-13H/t21-,22+;21-,22-;;/m10../s1. The second-order valence-electron chi connectivity index (χ2n) is 26.2. The van der Waals surface area contributed by atoms with Gasteiger partial charge < -0.3 is 55.7 Å². The molecule has 20 nitrogen and oxygen atoms in total. The molecule has 9 aliphatic rings. The van der Waals surface area contributed by atoms with E-state index in [4.69, 9.17) is 55.7 Å². The molecule has 100 heavy (non-hydrogen) atoms. The van der Waals surface area contributed by atoms with Crippen molar-refractivity contribution in [2.24, 2.45) is 32.2 Å². The minimum Gasteiger partial charge on any atom is -0.484 e. The zero-order valence-corrected chi connectivity index (χ0v) is 55.7. The van der Waals surface area contributed by atoms with E-state index < -0.39 is 75.8 Å². The van der Waals surface area contributed by atoms with Crippen LogP contribution >= 0.6 is 15.9 Å². The number of guanidine groups is 3. The number of hydrogen-bond donors (Lipinski definition) is 5. The molecule has 0 aromatic heterocycles. The number of carbonyl (C=O) groups excluding carboxylic acids is 3. The summed E-state index contributed by atoms with van der Waals surface area (Å²) in [7, 11) is 2.91. The van der Waals surface area contributed by atoms with Gasteiger partial charge >= 0.3 is 25.6 Å². The molecule has 9 aliphatic heterocycles. The molecule has 6 spiro atoms. The zero-order chi connectivity index (χ0) is 71.8. The van der Waals surface area contributed by atoms with E-state index in [0.717, 1.165) is 78.7 Å². The van der Waals surface area contributed by atoms with Gasteiger partial charge in [-0.1, -0.05) is 76.6 Å². The van der Waals surface area contributed by atoms with E-state index in [1.807, 2.05) is 18.2 Å². The minimum atomic E-state index is -4.45. The summed E-state index contributed by atoms with van der Waals surface area (Å²) in [5.41, 5.74) is 13.5. The number of nitrogens with two attached hydrogens (primary N) is 3. The highest BCUT2D eigenvalue weighted by Crippen LogP contribution is 2.56. The van der Waals surface area contributed by atoms with Gasteiger partial charge in [0.05, 0.1) is 36.5 Å². The number of halogens is 10. The highest BCUT2D eigenvalue weighted by Gasteiger charge is 2.62. The molecule has 6 aromatic rings. The van der Waals surface area contributed by atoms with Crippen LogP contribution in [0.2, 0.25) is 0 Å². The van der Waals surface area contributed by atoms with Crippen LogP contribution in [-0.2, 0) is 63.7 Å². The van der Waals surface area contributed by atoms with Gasteiger partial charge in [-0.25, -0.2) is 15.0 Å². The lowest BCUT2D eigenvalue weighted by Crippen LogP contribution is -2.55. The van der Waals surface area contributed by atoms with Gasteiger partial charge in [0.15, 0.2) is 34.5 Å². The molecule has 9 heterocycles. The Bertz CT molecular complexity index is 4120. The van der Waals surface area contributed by atoms with Crippen LogP contribution in [0, 0.1) is 0 Å². The average Bonchev–Trinajstić information content (AvgIpc) is 1.46. The summed E-state index contributed by atoms with van der Waals surface area (Å²) < 4.78 is 152. The van der Waals surface area contributed by atoms with Crippen LogP contribution < -0.4 is 36.9 Å². The first kappa shape index (κ1) is 71.1. The average molecular weight is 1460 g/mol. The molecule has 0 bridgehead atoms. The molecule has 2 unspecified atom stereocenters. The van der Waals surface area contributed by atoms with Crippen LogP contribution in [0.3, 0.4) is 0 Å². The molecule has 31 heteroatoms. The van der Waals surface area contributed by atoms with Gasteiger partial charge in [-0.15, -0.1) is 0 Å². The minimum absolute atomic E-state index is 0.0965. The predicted octanol–water partition coefficient (Wildman–Crippen LogP) is 9.52. The summed E-state index contributed by atoms with van der Waals surface area (Å²) in [6.45, 7) is 3.10. The summed E-state index contributed by atoms with van der Waals surface area (Å²) in [6, 6.07) is 29.9. The smallest absolute Gasteiger partial charge is 0.484 e. The molecule has 528 valence electrons. The van der Waals surface area contributed by atoms with Crippen molar-refractivity contribution in [1.82, 2.24) is 14.7 Å². The molecule has 6 atom stereocenters. The Kier molecular flexibility index (Phi) is 18.7. The SMILES string of the molecule is CN1C(=O)C2(CC3(CCCOC3)Oc3ccc(Br)cc32)N=C1N.CN1C(=O)[C@@]2(C[C@@]3(CCCOC3)Oc3ccc(-c4cccc(C(F)(F)F)c4)cc32)N=C1N.CN1C(=O)[C@@]2(C[C@]3(CCCOC3)Oc3ccc(-c4cccc(C(F)(F)F)c4)cc32)N=C1N.OB(O)c1cccc(C(F)(F)F)c1. The number of likely N-dealkylation sites (N-methyl/N-ethyl adjacent to an activating group) is 3. The van der Waals surface area contributed by atoms with Gasteiger partial charge in [-0.2, -0.15) is 39.5 Å². The van der Waals surface area contributed by atoms with E-state index in [2.05, 4.69) is 30.9 Å². The van der Waals surface area contributed by atoms with Crippen molar-refractivity contribution >= 4 is 64.1 Å². The van der Waals surface area contributed by atoms with Gasteiger partial charge in [0.2, 0.25) is 0 Å². The van der Waals surface area contributed by atoms with Gasteiger partial charge in [0.25, 0.3) is 17.7 Å². The number of nitrogens with zero attached hydrogens (tertiary/aromatic N) is 6. The van der Waals surface area contributed by atoms with Gasteiger partial charge in [-0.05, 0) is 133 Å². The highest BCUT2D eigenvalue weighted by molar-refractivity contribution is 9.10. The topological polar surface area (TPSA) is 272 Å². The molecule has 3 saturated heterocycles. The van der Waals surface area contributed by atoms with E-state index in [9.17, 15) is 53.9 Å². The second-order valence-corrected chi connectivity index (χ2v) is 27.1. The fourth-order valence-electron chi connectivity index (χ4n) is 14.4. The summed E-state index contributed by atoms with van der Waals surface area (Å²) in [5.74, 6) is 1.38. The lowest BCUT2D eigenvalue weighted by molar-refractivity contribution is -0.139. The molecular formula is C69H68BBrF9N9O11. The Morgan fingerprint density at radius 3 is 1.08 bits per heavy atom. The third kappa shape index (κ3) is 13.3. The first-order valence-electron chi connectivity index (χ1n) is 31.8. The van der Waals surface area contributed by atoms with Gasteiger partial charge in [0.1, 0.15) is 34.1 Å². The first-order valence-corrected chi connectivity index (χ1v) is 32.6. The van der Waals surface area contributed by atoms with Crippen LogP contribution in [0.5, 0.6) is 17.2 Å². The van der Waals surface area contributed by atoms with E-state index in [-0.39, 0.29) is 53.9 Å². The maximum absolute atomic E-state index is 13.4. The van der Waals surface area contributed by atoms with Crippen molar-refractivity contribution < 1.29 is 92.4 Å². The van der Waals surface area contributed by atoms with Crippen molar-refractivity contribution in [3.63, 3.8) is 0 Å². The summed E-state index contributed by atoms with van der Waals surface area (Å²) in [5, 5.41) is 17.2. The Balaban J connectivity index is 0.000000132. The molecule has 0 saturated carbocycles. The number of rotatable bonds is 3. The molecule has 6 aromatic carbocycles. The quantitative estimate of drug-likeness (QED) is 0.0816. The fourth-order valence-corrected chi connectivity index (χ4v) is 14.7. The molecule has 8 N–H and O–H groups in total. The van der Waals surface area contributed by atoms with Crippen LogP contribution in [-0.4, -0.2) is 145 Å². The van der Waals surface area contributed by atoms with Crippen molar-refractivity contribution in [1.29, 1.82) is 0 Å². The summed E-state index contributed by atoms with van der Waals surface area (Å²) in [4.78, 5) is 57.6. The number of fused-ring (bicyclic) bond motifs is 6. The number of amides is 3. The normalized spacial score (nSPS) is 26.6. The summed E-state index contributed by atoms with van der Waals surface area (Å²) in [6.07, 6.45) is -7.67.